The van der Waals surface area contributed by atoms with Crippen LogP contribution in [0.1, 0.15) is 11.1 Å². The third-order valence-electron chi connectivity index (χ3n) is 3.05. The Morgan fingerprint density at radius 1 is 1.17 bits per heavy atom. The molecule has 18 heavy (non-hydrogen) atoms. The summed E-state index contributed by atoms with van der Waals surface area (Å²) in [5, 5.41) is 0. The van der Waals surface area contributed by atoms with Crippen LogP contribution in [0, 0.1) is 6.92 Å². The molecule has 0 atom stereocenters. The van der Waals surface area contributed by atoms with Gasteiger partial charge in [-0.15, -0.1) is 11.6 Å². The highest BCUT2D eigenvalue weighted by Crippen LogP contribution is 2.20. The lowest BCUT2D eigenvalue weighted by Crippen LogP contribution is -1.92. The van der Waals surface area contributed by atoms with Crippen LogP contribution in [0.25, 0.3) is 16.7 Å². The summed E-state index contributed by atoms with van der Waals surface area (Å²) in [6, 6.07) is 14.5. The van der Waals surface area contributed by atoms with Crippen LogP contribution in [0.3, 0.4) is 0 Å². The Bertz CT molecular complexity index is 701. The Morgan fingerprint density at radius 2 is 2.06 bits per heavy atom. The smallest absolute Gasteiger partial charge is 0.100 e. The maximum atomic E-state index is 5.87. The van der Waals surface area contributed by atoms with Gasteiger partial charge in [0.25, 0.3) is 0 Å². The first-order valence-corrected chi connectivity index (χ1v) is 6.40. The van der Waals surface area contributed by atoms with Gasteiger partial charge in [0, 0.05) is 11.6 Å². The van der Waals surface area contributed by atoms with Gasteiger partial charge in [-0.05, 0) is 42.3 Å². The lowest BCUT2D eigenvalue weighted by molar-refractivity contribution is 1.09. The van der Waals surface area contributed by atoms with Crippen molar-refractivity contribution in [2.24, 2.45) is 0 Å². The molecule has 3 rings (SSSR count). The van der Waals surface area contributed by atoms with E-state index in [9.17, 15) is 0 Å². The van der Waals surface area contributed by atoms with Crippen molar-refractivity contribution in [1.29, 1.82) is 0 Å². The number of aryl methyl sites for hydroxylation is 1. The molecule has 3 aromatic rings. The van der Waals surface area contributed by atoms with Gasteiger partial charge in [-0.25, -0.2) is 4.98 Å². The summed E-state index contributed by atoms with van der Waals surface area (Å²) in [4.78, 5) is 4.44. The van der Waals surface area contributed by atoms with Crippen molar-refractivity contribution in [1.82, 2.24) is 9.55 Å². The molecule has 1 aromatic heterocycles. The third-order valence-corrected chi connectivity index (χ3v) is 3.35. The highest BCUT2D eigenvalue weighted by Gasteiger charge is 2.04. The number of fused-ring (bicyclic) bond motifs is 1. The molecule has 0 aliphatic carbocycles. The number of rotatable bonds is 2. The highest BCUT2D eigenvalue weighted by atomic mass is 35.5. The van der Waals surface area contributed by atoms with Crippen molar-refractivity contribution in [3.05, 3.63) is 59.9 Å². The Balaban J connectivity index is 2.19. The summed E-state index contributed by atoms with van der Waals surface area (Å²) in [7, 11) is 0. The summed E-state index contributed by atoms with van der Waals surface area (Å²) in [6.45, 7) is 2.08. The van der Waals surface area contributed by atoms with Crippen LogP contribution in [0.4, 0.5) is 0 Å². The number of alkyl halides is 1. The number of halogens is 1. The average Bonchev–Trinajstić information content (AvgIpc) is 2.81. The predicted molar refractivity (Wildman–Crippen MR) is 75.4 cm³/mol. The summed E-state index contributed by atoms with van der Waals surface area (Å²) in [5.41, 5.74) is 5.57. The standard InChI is InChI=1S/C15H13ClN2/c1-11-5-6-15-14(7-11)17-10-18(15)13-4-2-3-12(8-13)9-16/h2-8,10H,9H2,1H3. The van der Waals surface area contributed by atoms with Gasteiger partial charge in [-0.2, -0.15) is 0 Å². The highest BCUT2D eigenvalue weighted by molar-refractivity contribution is 6.17. The molecule has 0 fully saturated rings. The van der Waals surface area contributed by atoms with Gasteiger partial charge in [0.15, 0.2) is 0 Å². The minimum Gasteiger partial charge on any atom is -0.299 e. The first-order chi connectivity index (χ1) is 8.78. The molecule has 0 aliphatic rings. The van der Waals surface area contributed by atoms with Crippen LogP contribution in [0.15, 0.2) is 48.8 Å². The maximum Gasteiger partial charge on any atom is 0.100 e. The first kappa shape index (κ1) is 11.3. The zero-order chi connectivity index (χ0) is 12.5. The van der Waals surface area contributed by atoms with Gasteiger partial charge in [0.1, 0.15) is 6.33 Å². The summed E-state index contributed by atoms with van der Waals surface area (Å²) >= 11 is 5.87. The van der Waals surface area contributed by atoms with E-state index in [2.05, 4.69) is 46.8 Å². The number of nitrogens with zero attached hydrogens (tertiary/aromatic N) is 2. The van der Waals surface area contributed by atoms with Crippen LogP contribution in [-0.4, -0.2) is 9.55 Å². The molecule has 0 saturated carbocycles. The molecule has 0 amide bonds. The van der Waals surface area contributed by atoms with Crippen molar-refractivity contribution in [3.8, 4) is 5.69 Å². The number of imidazole rings is 1. The fourth-order valence-corrected chi connectivity index (χ4v) is 2.28. The van der Waals surface area contributed by atoms with E-state index < -0.39 is 0 Å². The third kappa shape index (κ3) is 1.89. The second-order valence-corrected chi connectivity index (χ2v) is 4.68. The van der Waals surface area contributed by atoms with Crippen LogP contribution < -0.4 is 0 Å². The topological polar surface area (TPSA) is 17.8 Å². The number of benzene rings is 2. The van der Waals surface area contributed by atoms with E-state index in [1.165, 1.54) is 5.56 Å². The van der Waals surface area contributed by atoms with Gasteiger partial charge in [0.2, 0.25) is 0 Å². The molecule has 90 valence electrons. The quantitative estimate of drug-likeness (QED) is 0.632. The maximum absolute atomic E-state index is 5.87. The van der Waals surface area contributed by atoms with Crippen LogP contribution >= 0.6 is 11.6 Å². The van der Waals surface area contributed by atoms with E-state index >= 15 is 0 Å². The number of hydrogen-bond acceptors (Lipinski definition) is 1. The first-order valence-electron chi connectivity index (χ1n) is 5.87. The van der Waals surface area contributed by atoms with Crippen molar-refractivity contribution in [2.45, 2.75) is 12.8 Å². The zero-order valence-corrected chi connectivity index (χ0v) is 10.9. The normalized spacial score (nSPS) is 11.0. The summed E-state index contributed by atoms with van der Waals surface area (Å²) < 4.78 is 2.09. The molecular formula is C15H13ClN2. The van der Waals surface area contributed by atoms with Crippen LogP contribution in [0.5, 0.6) is 0 Å². The lowest BCUT2D eigenvalue weighted by atomic mass is 10.2. The van der Waals surface area contributed by atoms with Gasteiger partial charge in [-0.3, -0.25) is 4.57 Å². The minimum absolute atomic E-state index is 0.527. The van der Waals surface area contributed by atoms with E-state index in [1.807, 2.05) is 18.5 Å². The van der Waals surface area contributed by atoms with Crippen molar-refractivity contribution in [2.75, 3.05) is 0 Å². The second-order valence-electron chi connectivity index (χ2n) is 4.41. The van der Waals surface area contributed by atoms with Gasteiger partial charge in [0.05, 0.1) is 11.0 Å². The van der Waals surface area contributed by atoms with Crippen molar-refractivity contribution < 1.29 is 0 Å². The molecule has 0 aliphatic heterocycles. The monoisotopic (exact) mass is 256 g/mol. The van der Waals surface area contributed by atoms with Crippen molar-refractivity contribution in [3.63, 3.8) is 0 Å². The van der Waals surface area contributed by atoms with Crippen LogP contribution in [-0.2, 0) is 5.88 Å². The lowest BCUT2D eigenvalue weighted by Gasteiger charge is -2.06. The average molecular weight is 257 g/mol. The van der Waals surface area contributed by atoms with E-state index in [4.69, 9.17) is 11.6 Å². The SMILES string of the molecule is Cc1ccc2c(c1)ncn2-c1cccc(CCl)c1. The van der Waals surface area contributed by atoms with Gasteiger partial charge in [-0.1, -0.05) is 18.2 Å². The fourth-order valence-electron chi connectivity index (χ4n) is 2.12. The molecule has 0 saturated heterocycles. The van der Waals surface area contributed by atoms with Gasteiger partial charge >= 0.3 is 0 Å². The van der Waals surface area contributed by atoms with Crippen LogP contribution in [0.2, 0.25) is 0 Å². The molecule has 2 aromatic carbocycles. The Labute approximate surface area is 111 Å². The molecule has 0 radical (unpaired) electrons. The number of aromatic nitrogens is 2. The molecule has 0 spiro atoms. The fraction of sp³-hybridized carbons (Fsp3) is 0.133. The Hall–Kier alpha value is -1.80. The molecule has 0 unspecified atom stereocenters. The van der Waals surface area contributed by atoms with Gasteiger partial charge < -0.3 is 0 Å². The Morgan fingerprint density at radius 3 is 2.89 bits per heavy atom. The molecule has 3 heteroatoms. The molecule has 0 bridgehead atoms. The minimum atomic E-state index is 0.527. The zero-order valence-electron chi connectivity index (χ0n) is 10.1. The van der Waals surface area contributed by atoms with E-state index in [1.54, 1.807) is 0 Å². The molecule has 2 nitrogen and oxygen atoms in total. The molecule has 1 heterocycles. The summed E-state index contributed by atoms with van der Waals surface area (Å²) in [6.07, 6.45) is 1.86. The van der Waals surface area contributed by atoms with E-state index in [0.717, 1.165) is 22.3 Å². The second kappa shape index (κ2) is 4.46. The Kier molecular flexibility index (Phi) is 2.80. The summed E-state index contributed by atoms with van der Waals surface area (Å²) in [5.74, 6) is 0.527. The van der Waals surface area contributed by atoms with Crippen molar-refractivity contribution >= 4 is 22.6 Å². The van der Waals surface area contributed by atoms with E-state index in [-0.39, 0.29) is 0 Å². The predicted octanol–water partition coefficient (Wildman–Crippen LogP) is 4.07. The molecule has 0 N–H and O–H groups in total. The molecular weight excluding hydrogens is 244 g/mol. The number of hydrogen-bond donors (Lipinski definition) is 0. The largest absolute Gasteiger partial charge is 0.299 e. The van der Waals surface area contributed by atoms with E-state index in [0.29, 0.717) is 5.88 Å².